The fraction of sp³-hybridized carbons (Fsp3) is 0.775. The first-order valence-corrected chi connectivity index (χ1v) is 18.6. The van der Waals surface area contributed by atoms with Gasteiger partial charge in [0.2, 0.25) is 5.91 Å². The van der Waals surface area contributed by atoms with E-state index in [2.05, 4.69) is 25.2 Å². The molecule has 4 atom stereocenters. The van der Waals surface area contributed by atoms with E-state index in [0.717, 1.165) is 18.4 Å². The molecule has 292 valence electrons. The van der Waals surface area contributed by atoms with Gasteiger partial charge in [0.1, 0.15) is 11.3 Å². The standard InChI is InChI=1S/C40H68N2O9/c1-15-48-36(44)39(9,10)25-41-35(43)30(27(4)5)24-33-31(42(40(11,12)50-33)37(45)51-38(6,7)8)23-29(26(2)3)21-28-17-18-32(47-14)34(22-28)49-20-16-19-46-13/h17-18,22,26-27,29-31,33H,15-16,19-21,23-25H2,1-14H3,(H,41,43)/t29-,30-,31?,33?/m0/s1. The Labute approximate surface area is 307 Å². The maximum Gasteiger partial charge on any atom is 0.412 e. The Kier molecular flexibility index (Phi) is 16.6. The summed E-state index contributed by atoms with van der Waals surface area (Å²) >= 11 is 0. The lowest BCUT2D eigenvalue weighted by atomic mass is 9.80. The topological polar surface area (TPSA) is 122 Å². The number of benzene rings is 1. The highest BCUT2D eigenvalue weighted by molar-refractivity contribution is 5.81. The summed E-state index contributed by atoms with van der Waals surface area (Å²) < 4.78 is 34.7. The van der Waals surface area contributed by atoms with Gasteiger partial charge in [-0.3, -0.25) is 14.5 Å². The average Bonchev–Trinajstić information content (AvgIpc) is 3.28. The maximum absolute atomic E-state index is 13.9. The van der Waals surface area contributed by atoms with Gasteiger partial charge in [-0.05, 0) is 110 Å². The van der Waals surface area contributed by atoms with Crippen LogP contribution < -0.4 is 14.8 Å². The molecule has 0 saturated carbocycles. The van der Waals surface area contributed by atoms with Gasteiger partial charge < -0.3 is 33.7 Å². The van der Waals surface area contributed by atoms with Gasteiger partial charge in [0, 0.05) is 32.6 Å². The van der Waals surface area contributed by atoms with Gasteiger partial charge in [0.25, 0.3) is 0 Å². The minimum absolute atomic E-state index is 0.0267. The van der Waals surface area contributed by atoms with Gasteiger partial charge in [-0.15, -0.1) is 0 Å². The number of carbonyl (C=O) groups excluding carboxylic acids is 3. The number of amides is 2. The molecule has 1 heterocycles. The van der Waals surface area contributed by atoms with Crippen LogP contribution in [0.2, 0.25) is 0 Å². The molecule has 2 unspecified atom stereocenters. The molecular formula is C40H68N2O9. The predicted molar refractivity (Wildman–Crippen MR) is 199 cm³/mol. The molecule has 11 heteroatoms. The first kappa shape index (κ1) is 44.1. The van der Waals surface area contributed by atoms with Crippen molar-refractivity contribution in [2.24, 2.45) is 29.1 Å². The Balaban J connectivity index is 2.45. The third kappa shape index (κ3) is 13.1. The molecule has 2 rings (SSSR count). The van der Waals surface area contributed by atoms with Crippen molar-refractivity contribution in [3.8, 4) is 11.5 Å². The number of hydrogen-bond acceptors (Lipinski definition) is 9. The van der Waals surface area contributed by atoms with Crippen LogP contribution in [0.3, 0.4) is 0 Å². The van der Waals surface area contributed by atoms with Crippen LogP contribution in [0.15, 0.2) is 18.2 Å². The second kappa shape index (κ2) is 19.1. The van der Waals surface area contributed by atoms with Gasteiger partial charge in [0.15, 0.2) is 11.5 Å². The number of nitrogens with zero attached hydrogens (tertiary/aromatic N) is 1. The number of esters is 1. The van der Waals surface area contributed by atoms with Crippen molar-refractivity contribution >= 4 is 18.0 Å². The number of methoxy groups -OCH3 is 2. The van der Waals surface area contributed by atoms with E-state index in [1.165, 1.54) is 0 Å². The summed E-state index contributed by atoms with van der Waals surface area (Å²) in [5, 5.41) is 3.02. The van der Waals surface area contributed by atoms with Crippen molar-refractivity contribution in [3.05, 3.63) is 23.8 Å². The molecule has 1 N–H and O–H groups in total. The molecule has 1 aromatic carbocycles. The third-order valence-corrected chi connectivity index (χ3v) is 9.49. The summed E-state index contributed by atoms with van der Waals surface area (Å²) in [5.41, 5.74) is -1.47. The fourth-order valence-corrected chi connectivity index (χ4v) is 6.52. The lowest BCUT2D eigenvalue weighted by Gasteiger charge is -2.37. The fourth-order valence-electron chi connectivity index (χ4n) is 6.52. The molecule has 51 heavy (non-hydrogen) atoms. The number of nitrogens with one attached hydrogen (secondary N) is 1. The van der Waals surface area contributed by atoms with Crippen LogP contribution in [0.4, 0.5) is 4.79 Å². The van der Waals surface area contributed by atoms with Gasteiger partial charge >= 0.3 is 12.1 Å². The quantitative estimate of drug-likeness (QED) is 0.115. The summed E-state index contributed by atoms with van der Waals surface area (Å²) in [6.45, 7) is 24.6. The molecule has 1 saturated heterocycles. The summed E-state index contributed by atoms with van der Waals surface area (Å²) in [6, 6.07) is 5.67. The zero-order valence-electron chi connectivity index (χ0n) is 34.0. The Morgan fingerprint density at radius 1 is 0.961 bits per heavy atom. The Morgan fingerprint density at radius 3 is 2.18 bits per heavy atom. The van der Waals surface area contributed by atoms with Gasteiger partial charge in [-0.25, -0.2) is 4.79 Å². The number of carbonyl (C=O) groups is 3. The highest BCUT2D eigenvalue weighted by atomic mass is 16.6. The zero-order chi connectivity index (χ0) is 38.7. The summed E-state index contributed by atoms with van der Waals surface area (Å²) in [5.74, 6) is 0.787. The van der Waals surface area contributed by atoms with E-state index in [-0.39, 0.29) is 48.8 Å². The van der Waals surface area contributed by atoms with Crippen molar-refractivity contribution in [2.45, 2.75) is 132 Å². The van der Waals surface area contributed by atoms with Crippen LogP contribution in [-0.2, 0) is 35.0 Å². The van der Waals surface area contributed by atoms with E-state index in [1.807, 2.05) is 60.6 Å². The number of hydrogen-bond donors (Lipinski definition) is 1. The van der Waals surface area contributed by atoms with Gasteiger partial charge in [-0.1, -0.05) is 33.8 Å². The normalized spacial score (nSPS) is 18.8. The molecule has 0 bridgehead atoms. The van der Waals surface area contributed by atoms with Crippen molar-refractivity contribution in [2.75, 3.05) is 40.6 Å². The molecular weight excluding hydrogens is 652 g/mol. The highest BCUT2D eigenvalue weighted by Crippen LogP contribution is 2.42. The first-order chi connectivity index (χ1) is 23.7. The molecule has 1 aromatic rings. The third-order valence-electron chi connectivity index (χ3n) is 9.49. The van der Waals surface area contributed by atoms with Crippen LogP contribution in [0.5, 0.6) is 11.5 Å². The Hall–Kier alpha value is -3.05. The van der Waals surface area contributed by atoms with Gasteiger partial charge in [-0.2, -0.15) is 0 Å². The zero-order valence-corrected chi connectivity index (χ0v) is 34.0. The van der Waals surface area contributed by atoms with E-state index >= 15 is 0 Å². The monoisotopic (exact) mass is 720 g/mol. The molecule has 0 aromatic heterocycles. The SMILES string of the molecule is CCOC(=O)C(C)(C)CNC(=O)[C@@H](CC1OC(C)(C)N(C(=O)OC(C)(C)C)C1C[C@H](Cc1ccc(OC)c(OCCCOC)c1)C(C)C)C(C)C. The summed E-state index contributed by atoms with van der Waals surface area (Å²) in [4.78, 5) is 42.0. The average molecular weight is 721 g/mol. The summed E-state index contributed by atoms with van der Waals surface area (Å²) in [6.07, 6.45) is 1.63. The molecule has 2 amide bonds. The first-order valence-electron chi connectivity index (χ1n) is 18.6. The van der Waals surface area contributed by atoms with E-state index < -0.39 is 34.9 Å². The Bertz CT molecular complexity index is 1270. The second-order valence-corrected chi connectivity index (χ2v) is 16.6. The highest BCUT2D eigenvalue weighted by Gasteiger charge is 2.52. The van der Waals surface area contributed by atoms with E-state index in [4.69, 9.17) is 28.4 Å². The molecule has 11 nitrogen and oxygen atoms in total. The van der Waals surface area contributed by atoms with Crippen molar-refractivity contribution in [1.29, 1.82) is 0 Å². The summed E-state index contributed by atoms with van der Waals surface area (Å²) in [7, 11) is 3.30. The molecule has 1 fully saturated rings. The number of rotatable bonds is 19. The van der Waals surface area contributed by atoms with Crippen molar-refractivity contribution < 1.29 is 42.8 Å². The van der Waals surface area contributed by atoms with Crippen LogP contribution >= 0.6 is 0 Å². The van der Waals surface area contributed by atoms with Gasteiger partial charge in [0.05, 0.1) is 37.9 Å². The largest absolute Gasteiger partial charge is 0.493 e. The Morgan fingerprint density at radius 2 is 1.63 bits per heavy atom. The second-order valence-electron chi connectivity index (χ2n) is 16.6. The van der Waals surface area contributed by atoms with E-state index in [0.29, 0.717) is 37.6 Å². The van der Waals surface area contributed by atoms with Crippen molar-refractivity contribution in [1.82, 2.24) is 10.2 Å². The van der Waals surface area contributed by atoms with Crippen LogP contribution in [0, 0.1) is 29.1 Å². The molecule has 0 spiro atoms. The van der Waals surface area contributed by atoms with E-state index in [1.54, 1.807) is 39.9 Å². The van der Waals surface area contributed by atoms with E-state index in [9.17, 15) is 14.4 Å². The molecule has 1 aliphatic rings. The smallest absolute Gasteiger partial charge is 0.412 e. The molecule has 0 radical (unpaired) electrons. The predicted octanol–water partition coefficient (Wildman–Crippen LogP) is 7.42. The van der Waals surface area contributed by atoms with Crippen LogP contribution in [0.25, 0.3) is 0 Å². The lowest BCUT2D eigenvalue weighted by molar-refractivity contribution is -0.153. The number of ether oxygens (including phenoxy) is 6. The van der Waals surface area contributed by atoms with Crippen LogP contribution in [-0.4, -0.2) is 86.9 Å². The minimum Gasteiger partial charge on any atom is -0.493 e. The minimum atomic E-state index is -0.980. The molecule has 0 aliphatic carbocycles. The van der Waals surface area contributed by atoms with Crippen LogP contribution in [0.1, 0.15) is 108 Å². The maximum atomic E-state index is 13.9. The van der Waals surface area contributed by atoms with Crippen molar-refractivity contribution in [3.63, 3.8) is 0 Å². The molecule has 1 aliphatic heterocycles. The lowest BCUT2D eigenvalue weighted by Crippen LogP contribution is -2.51.